The lowest BCUT2D eigenvalue weighted by atomic mass is 9.66. The first-order valence-electron chi connectivity index (χ1n) is 28.1. The summed E-state index contributed by atoms with van der Waals surface area (Å²) in [5.74, 6) is 0. The molecule has 0 saturated heterocycles. The fourth-order valence-electron chi connectivity index (χ4n) is 13.4. The molecule has 1 heteroatoms. The van der Waals surface area contributed by atoms with E-state index in [1.165, 1.54) is 106 Å². The standard InChI is InChI=1S/C75H75N/c1-14-21-48-30-34-55(35-31-48)76(56-36-40-62-58-26-15-17-28-64(58)74(68(62)46-56,53-24-19-22-49(42-53)70(2,3)4)54-25-20-23-50(43-54)71(5,6)7)57-37-41-63-59-27-16-18-29-65(59)75(69(63)47-57)66-44-51(72(8,9)10)32-38-60(66)61-39-33-52(45-67(61)75)73(11,12)13/h15-20,22-47H,14,21H2,1-13H3. The van der Waals surface area contributed by atoms with Gasteiger partial charge in [0.2, 0.25) is 0 Å². The van der Waals surface area contributed by atoms with Gasteiger partial charge in [-0.05, 0) is 170 Å². The Morgan fingerprint density at radius 3 is 1.09 bits per heavy atom. The molecule has 0 N–H and O–H groups in total. The van der Waals surface area contributed by atoms with Gasteiger partial charge in [-0.25, -0.2) is 0 Å². The summed E-state index contributed by atoms with van der Waals surface area (Å²) in [7, 11) is 0. The Hall–Kier alpha value is -7.22. The van der Waals surface area contributed by atoms with Crippen molar-refractivity contribution in [2.45, 2.75) is 135 Å². The summed E-state index contributed by atoms with van der Waals surface area (Å²) in [5.41, 5.74) is 27.5. The van der Waals surface area contributed by atoms with Gasteiger partial charge in [0, 0.05) is 17.1 Å². The lowest BCUT2D eigenvalue weighted by Gasteiger charge is -2.37. The molecule has 9 aromatic rings. The molecule has 0 radical (unpaired) electrons. The van der Waals surface area contributed by atoms with Crippen molar-refractivity contribution in [2.24, 2.45) is 0 Å². The average molecular weight is 990 g/mol. The van der Waals surface area contributed by atoms with Crippen molar-refractivity contribution in [1.29, 1.82) is 0 Å². The second-order valence-corrected chi connectivity index (χ2v) is 26.5. The predicted molar refractivity (Wildman–Crippen MR) is 324 cm³/mol. The van der Waals surface area contributed by atoms with Crippen LogP contribution in [0.25, 0.3) is 33.4 Å². The minimum absolute atomic E-state index is 0.0321. The Labute approximate surface area is 454 Å². The fraction of sp³-hybridized carbons (Fsp3) is 0.280. The van der Waals surface area contributed by atoms with Gasteiger partial charge >= 0.3 is 0 Å². The lowest BCUT2D eigenvalue weighted by Crippen LogP contribution is -2.30. The summed E-state index contributed by atoms with van der Waals surface area (Å²) < 4.78 is 0. The van der Waals surface area contributed by atoms with Crippen molar-refractivity contribution in [3.63, 3.8) is 0 Å². The lowest BCUT2D eigenvalue weighted by molar-refractivity contribution is 0.584. The number of hydrogen-bond acceptors (Lipinski definition) is 1. The molecule has 0 amide bonds. The minimum atomic E-state index is -0.600. The Balaban J connectivity index is 1.16. The highest BCUT2D eigenvalue weighted by Gasteiger charge is 2.53. The molecule has 0 heterocycles. The van der Waals surface area contributed by atoms with Crippen LogP contribution in [0, 0.1) is 0 Å². The second-order valence-electron chi connectivity index (χ2n) is 26.5. The van der Waals surface area contributed by atoms with Crippen molar-refractivity contribution >= 4 is 17.1 Å². The van der Waals surface area contributed by atoms with Crippen LogP contribution in [0.3, 0.4) is 0 Å². The molecule has 0 bridgehead atoms. The fourth-order valence-corrected chi connectivity index (χ4v) is 13.4. The third kappa shape index (κ3) is 7.54. The molecule has 0 saturated carbocycles. The number of aryl methyl sites for hydroxylation is 1. The van der Waals surface area contributed by atoms with Gasteiger partial charge in [-0.3, -0.25) is 0 Å². The molecule has 3 aliphatic rings. The summed E-state index contributed by atoms with van der Waals surface area (Å²) in [5, 5.41) is 0. The van der Waals surface area contributed by atoms with Crippen LogP contribution >= 0.6 is 0 Å². The van der Waals surface area contributed by atoms with Crippen LogP contribution in [0.1, 0.15) is 169 Å². The first kappa shape index (κ1) is 49.6. The predicted octanol–water partition coefficient (Wildman–Crippen LogP) is 20.0. The summed E-state index contributed by atoms with van der Waals surface area (Å²) in [6.45, 7) is 30.4. The van der Waals surface area contributed by atoms with Crippen LogP contribution in [0.4, 0.5) is 17.1 Å². The van der Waals surface area contributed by atoms with Crippen LogP contribution in [0.2, 0.25) is 0 Å². The van der Waals surface area contributed by atoms with Crippen LogP contribution in [-0.4, -0.2) is 0 Å². The Morgan fingerprint density at radius 2 is 0.658 bits per heavy atom. The van der Waals surface area contributed by atoms with Gasteiger partial charge in [0.15, 0.2) is 0 Å². The number of nitrogens with zero attached hydrogens (tertiary/aromatic N) is 1. The highest BCUT2D eigenvalue weighted by Crippen LogP contribution is 2.65. The number of benzene rings is 9. The van der Waals surface area contributed by atoms with E-state index < -0.39 is 10.8 Å². The van der Waals surface area contributed by atoms with Crippen molar-refractivity contribution in [3.05, 3.63) is 266 Å². The molecule has 0 aromatic heterocycles. The van der Waals surface area contributed by atoms with E-state index >= 15 is 0 Å². The third-order valence-electron chi connectivity index (χ3n) is 17.5. The first-order chi connectivity index (χ1) is 36.1. The maximum atomic E-state index is 2.58. The van der Waals surface area contributed by atoms with Crippen LogP contribution in [0.15, 0.2) is 194 Å². The van der Waals surface area contributed by atoms with E-state index in [0.717, 1.165) is 29.9 Å². The van der Waals surface area contributed by atoms with E-state index in [-0.39, 0.29) is 21.7 Å². The maximum absolute atomic E-state index is 2.58. The van der Waals surface area contributed by atoms with Crippen LogP contribution in [-0.2, 0) is 38.9 Å². The molecular weight excluding hydrogens is 915 g/mol. The van der Waals surface area contributed by atoms with E-state index in [4.69, 9.17) is 0 Å². The molecule has 0 unspecified atom stereocenters. The molecule has 380 valence electrons. The minimum Gasteiger partial charge on any atom is -0.310 e. The maximum Gasteiger partial charge on any atom is 0.0726 e. The van der Waals surface area contributed by atoms with E-state index in [0.29, 0.717) is 0 Å². The van der Waals surface area contributed by atoms with E-state index in [1.807, 2.05) is 0 Å². The Kier molecular flexibility index (Phi) is 11.4. The normalized spacial score (nSPS) is 14.7. The monoisotopic (exact) mass is 990 g/mol. The zero-order valence-electron chi connectivity index (χ0n) is 47.3. The van der Waals surface area contributed by atoms with Crippen molar-refractivity contribution < 1.29 is 0 Å². The third-order valence-corrected chi connectivity index (χ3v) is 17.5. The molecule has 0 atom stereocenters. The van der Waals surface area contributed by atoms with Crippen molar-refractivity contribution in [3.8, 4) is 33.4 Å². The number of anilines is 3. The zero-order chi connectivity index (χ0) is 53.3. The van der Waals surface area contributed by atoms with Gasteiger partial charge in [-0.15, -0.1) is 0 Å². The summed E-state index contributed by atoms with van der Waals surface area (Å²) in [6.07, 6.45) is 2.15. The smallest absolute Gasteiger partial charge is 0.0726 e. The van der Waals surface area contributed by atoms with E-state index in [2.05, 4.69) is 289 Å². The molecule has 1 nitrogen and oxygen atoms in total. The highest BCUT2D eigenvalue weighted by molar-refractivity contribution is 5.97. The van der Waals surface area contributed by atoms with Gasteiger partial charge in [0.1, 0.15) is 0 Å². The number of rotatable bonds is 7. The summed E-state index contributed by atoms with van der Waals surface area (Å²) in [6, 6.07) is 76.6. The SMILES string of the molecule is CCCc1ccc(N(c2ccc3c(c2)C(c2cccc(C(C)(C)C)c2)(c2cccc(C(C)(C)C)c2)c2ccccc2-3)c2ccc3c(c2)C2(c4ccccc4-3)c3cc(C(C)(C)C)ccc3-c3ccc(C(C)(C)C)cc32)cc1. The number of fused-ring (bicyclic) bond motifs is 13. The first-order valence-corrected chi connectivity index (χ1v) is 28.1. The number of hydrogen-bond donors (Lipinski definition) is 0. The summed E-state index contributed by atoms with van der Waals surface area (Å²) in [4.78, 5) is 2.56. The van der Waals surface area contributed by atoms with Crippen molar-refractivity contribution in [1.82, 2.24) is 0 Å². The molecule has 76 heavy (non-hydrogen) atoms. The topological polar surface area (TPSA) is 3.24 Å². The molecule has 0 aliphatic heterocycles. The zero-order valence-corrected chi connectivity index (χ0v) is 47.3. The summed E-state index contributed by atoms with van der Waals surface area (Å²) >= 11 is 0. The second kappa shape index (κ2) is 17.4. The Morgan fingerprint density at radius 1 is 0.303 bits per heavy atom. The molecular formula is C75H75N. The molecule has 12 rings (SSSR count). The van der Waals surface area contributed by atoms with Gasteiger partial charge in [-0.1, -0.05) is 254 Å². The van der Waals surface area contributed by atoms with Gasteiger partial charge in [0.25, 0.3) is 0 Å². The Bertz CT molecular complexity index is 3540. The quantitative estimate of drug-likeness (QED) is 0.154. The average Bonchev–Trinajstić information content (AvgIpc) is 4.05. The molecule has 1 spiro atoms. The van der Waals surface area contributed by atoms with Crippen LogP contribution < -0.4 is 4.90 Å². The van der Waals surface area contributed by atoms with Gasteiger partial charge in [-0.2, -0.15) is 0 Å². The largest absolute Gasteiger partial charge is 0.310 e. The van der Waals surface area contributed by atoms with E-state index in [9.17, 15) is 0 Å². The highest BCUT2D eigenvalue weighted by atomic mass is 15.1. The molecule has 3 aliphatic carbocycles. The van der Waals surface area contributed by atoms with Gasteiger partial charge in [0.05, 0.1) is 10.8 Å². The van der Waals surface area contributed by atoms with Gasteiger partial charge < -0.3 is 4.90 Å². The van der Waals surface area contributed by atoms with E-state index in [1.54, 1.807) is 0 Å². The van der Waals surface area contributed by atoms with Crippen molar-refractivity contribution in [2.75, 3.05) is 4.90 Å². The van der Waals surface area contributed by atoms with Crippen LogP contribution in [0.5, 0.6) is 0 Å². The molecule has 0 fully saturated rings. The molecule has 9 aromatic carbocycles.